The standard InChI is InChI=1S/C24H27N5O4/c1-16(30)17-3-5-18(6-4-17)25-22(31)15-21-23(32)27-24(26-21)29-13-11-28(12-14-29)19-7-9-20(33-2)10-8-19/h3-10,21H,11-15H2,1-2H3,(H,25,31)(H,26,27,32)/t21-/m0/s1. The third kappa shape index (κ3) is 5.31. The van der Waals surface area contributed by atoms with Gasteiger partial charge in [0.25, 0.3) is 5.91 Å². The molecule has 0 bridgehead atoms. The predicted molar refractivity (Wildman–Crippen MR) is 126 cm³/mol. The van der Waals surface area contributed by atoms with Crippen molar-refractivity contribution in [2.45, 2.75) is 19.4 Å². The van der Waals surface area contributed by atoms with E-state index in [1.54, 1.807) is 31.4 Å². The van der Waals surface area contributed by atoms with Gasteiger partial charge in [-0.15, -0.1) is 0 Å². The zero-order chi connectivity index (χ0) is 23.4. The zero-order valence-electron chi connectivity index (χ0n) is 18.7. The van der Waals surface area contributed by atoms with Crippen molar-refractivity contribution in [1.29, 1.82) is 0 Å². The maximum Gasteiger partial charge on any atom is 0.252 e. The number of nitrogens with one attached hydrogen (secondary N) is 2. The number of carbonyl (C=O) groups is 3. The molecule has 0 aliphatic carbocycles. The van der Waals surface area contributed by atoms with Gasteiger partial charge in [0.05, 0.1) is 13.5 Å². The van der Waals surface area contributed by atoms with Crippen molar-refractivity contribution < 1.29 is 19.1 Å². The summed E-state index contributed by atoms with van der Waals surface area (Å²) in [5.74, 6) is 0.730. The number of amides is 2. The van der Waals surface area contributed by atoms with Crippen LogP contribution < -0.4 is 20.3 Å². The Balaban J connectivity index is 1.30. The smallest absolute Gasteiger partial charge is 0.252 e. The summed E-state index contributed by atoms with van der Waals surface area (Å²) >= 11 is 0. The molecular formula is C24H27N5O4. The lowest BCUT2D eigenvalue weighted by atomic mass is 10.1. The molecule has 33 heavy (non-hydrogen) atoms. The first-order chi connectivity index (χ1) is 15.9. The number of carbonyl (C=O) groups excluding carboxylic acids is 3. The highest BCUT2D eigenvalue weighted by Crippen LogP contribution is 2.21. The second kappa shape index (κ2) is 9.72. The average Bonchev–Trinajstić information content (AvgIpc) is 3.19. The van der Waals surface area contributed by atoms with E-state index in [0.717, 1.165) is 24.5 Å². The van der Waals surface area contributed by atoms with Gasteiger partial charge in [-0.2, -0.15) is 0 Å². The Bertz CT molecular complexity index is 1060. The Kier molecular flexibility index (Phi) is 6.58. The maximum atomic E-state index is 12.4. The van der Waals surface area contributed by atoms with Crippen LogP contribution in [0.3, 0.4) is 0 Å². The van der Waals surface area contributed by atoms with Gasteiger partial charge in [0.1, 0.15) is 11.8 Å². The van der Waals surface area contributed by atoms with E-state index in [0.29, 0.717) is 30.3 Å². The minimum absolute atomic E-state index is 0.0396. The Morgan fingerprint density at radius 2 is 1.67 bits per heavy atom. The highest BCUT2D eigenvalue weighted by molar-refractivity contribution is 6.07. The van der Waals surface area contributed by atoms with Crippen LogP contribution in [0.25, 0.3) is 0 Å². The second-order valence-corrected chi connectivity index (χ2v) is 8.02. The first-order valence-electron chi connectivity index (χ1n) is 10.9. The van der Waals surface area contributed by atoms with Crippen LogP contribution in [0.2, 0.25) is 0 Å². The lowest BCUT2D eigenvalue weighted by Gasteiger charge is -2.36. The summed E-state index contributed by atoms with van der Waals surface area (Å²) in [6.45, 7) is 4.51. The van der Waals surface area contributed by atoms with Gasteiger partial charge >= 0.3 is 0 Å². The number of ether oxygens (including phenoxy) is 1. The van der Waals surface area contributed by atoms with Crippen molar-refractivity contribution in [3.8, 4) is 5.75 Å². The third-order valence-electron chi connectivity index (χ3n) is 5.79. The van der Waals surface area contributed by atoms with E-state index in [9.17, 15) is 14.4 Å². The van der Waals surface area contributed by atoms with Gasteiger partial charge in [-0.1, -0.05) is 0 Å². The van der Waals surface area contributed by atoms with Crippen LogP contribution in [0, 0.1) is 0 Å². The number of hydrogen-bond donors (Lipinski definition) is 2. The predicted octanol–water partition coefficient (Wildman–Crippen LogP) is 1.90. The highest BCUT2D eigenvalue weighted by Gasteiger charge is 2.32. The molecule has 9 heteroatoms. The van der Waals surface area contributed by atoms with E-state index in [2.05, 4.69) is 20.5 Å². The molecule has 2 aliphatic rings. The fourth-order valence-electron chi connectivity index (χ4n) is 3.88. The zero-order valence-corrected chi connectivity index (χ0v) is 18.7. The minimum Gasteiger partial charge on any atom is -0.497 e. The van der Waals surface area contributed by atoms with Gasteiger partial charge in [0, 0.05) is 43.1 Å². The molecule has 172 valence electrons. The molecule has 4 rings (SSSR count). The van der Waals surface area contributed by atoms with Gasteiger partial charge in [0.15, 0.2) is 5.78 Å². The molecule has 2 aromatic rings. The molecule has 0 spiro atoms. The molecule has 2 aromatic carbocycles. The van der Waals surface area contributed by atoms with Gasteiger partial charge in [-0.3, -0.25) is 19.7 Å². The first-order valence-corrected chi connectivity index (χ1v) is 10.9. The van der Waals surface area contributed by atoms with E-state index in [1.807, 2.05) is 29.2 Å². The fraction of sp³-hybridized carbons (Fsp3) is 0.333. The third-order valence-corrected chi connectivity index (χ3v) is 5.79. The second-order valence-electron chi connectivity index (χ2n) is 8.02. The quantitative estimate of drug-likeness (QED) is 0.653. The Hall–Kier alpha value is -3.88. The average molecular weight is 450 g/mol. The minimum atomic E-state index is -0.754. The molecule has 2 amide bonds. The monoisotopic (exact) mass is 449 g/mol. The Morgan fingerprint density at radius 1 is 1.03 bits per heavy atom. The molecule has 2 N–H and O–H groups in total. The number of benzene rings is 2. The fourth-order valence-corrected chi connectivity index (χ4v) is 3.88. The molecule has 9 nitrogen and oxygen atoms in total. The van der Waals surface area contributed by atoms with Crippen molar-refractivity contribution in [3.05, 3.63) is 54.1 Å². The molecule has 2 heterocycles. The first kappa shape index (κ1) is 22.3. The topological polar surface area (TPSA) is 103 Å². The molecule has 0 unspecified atom stereocenters. The summed E-state index contributed by atoms with van der Waals surface area (Å²) < 4.78 is 5.21. The largest absolute Gasteiger partial charge is 0.497 e. The van der Waals surface area contributed by atoms with Crippen LogP contribution in [-0.4, -0.2) is 67.8 Å². The van der Waals surface area contributed by atoms with E-state index in [4.69, 9.17) is 4.74 Å². The number of piperazine rings is 1. The summed E-state index contributed by atoms with van der Waals surface area (Å²) in [6.07, 6.45) is -0.0460. The van der Waals surface area contributed by atoms with Crippen LogP contribution in [0.5, 0.6) is 5.75 Å². The van der Waals surface area contributed by atoms with E-state index in [1.165, 1.54) is 6.92 Å². The number of rotatable bonds is 6. The molecule has 0 aromatic heterocycles. The number of anilines is 2. The number of ketones is 1. The van der Waals surface area contributed by atoms with E-state index < -0.39 is 6.04 Å². The SMILES string of the molecule is COc1ccc(N2CCN(C3=N[C@@H](CC(=O)Nc4ccc(C(C)=O)cc4)C(=O)N3)CC2)cc1. The highest BCUT2D eigenvalue weighted by atomic mass is 16.5. The normalized spacial score (nSPS) is 17.9. The lowest BCUT2D eigenvalue weighted by Crippen LogP contribution is -2.52. The van der Waals surface area contributed by atoms with E-state index in [-0.39, 0.29) is 24.0 Å². The summed E-state index contributed by atoms with van der Waals surface area (Å²) in [5.41, 5.74) is 2.27. The summed E-state index contributed by atoms with van der Waals surface area (Å²) in [6, 6.07) is 13.8. The van der Waals surface area contributed by atoms with Gasteiger partial charge in [0.2, 0.25) is 11.9 Å². The van der Waals surface area contributed by atoms with Crippen molar-refractivity contribution >= 4 is 34.9 Å². The van der Waals surface area contributed by atoms with Crippen molar-refractivity contribution in [2.24, 2.45) is 4.99 Å². The molecule has 0 saturated carbocycles. The van der Waals surface area contributed by atoms with E-state index >= 15 is 0 Å². The summed E-state index contributed by atoms with van der Waals surface area (Å²) in [5, 5.41) is 5.57. The number of aliphatic imine (C=N–C) groups is 1. The van der Waals surface area contributed by atoms with Crippen LogP contribution in [0.15, 0.2) is 53.5 Å². The molecule has 2 aliphatic heterocycles. The number of Topliss-reactive ketones (excluding diaryl/α,β-unsaturated/α-hetero) is 1. The number of guanidine groups is 1. The van der Waals surface area contributed by atoms with Crippen LogP contribution in [0.1, 0.15) is 23.7 Å². The van der Waals surface area contributed by atoms with Crippen molar-refractivity contribution in [1.82, 2.24) is 10.2 Å². The van der Waals surface area contributed by atoms with Crippen LogP contribution in [-0.2, 0) is 9.59 Å². The Labute approximate surface area is 192 Å². The summed E-state index contributed by atoms with van der Waals surface area (Å²) in [4.78, 5) is 44.9. The maximum absolute atomic E-state index is 12.4. The molecular weight excluding hydrogens is 422 g/mol. The van der Waals surface area contributed by atoms with Crippen LogP contribution >= 0.6 is 0 Å². The Morgan fingerprint density at radius 3 is 2.27 bits per heavy atom. The van der Waals surface area contributed by atoms with Gasteiger partial charge in [-0.25, -0.2) is 4.99 Å². The molecule has 1 fully saturated rings. The molecule has 1 atom stereocenters. The number of nitrogens with zero attached hydrogens (tertiary/aromatic N) is 3. The number of methoxy groups -OCH3 is 1. The van der Waals surface area contributed by atoms with Crippen molar-refractivity contribution in [3.63, 3.8) is 0 Å². The van der Waals surface area contributed by atoms with Gasteiger partial charge in [-0.05, 0) is 55.5 Å². The molecule has 0 radical (unpaired) electrons. The van der Waals surface area contributed by atoms with Crippen molar-refractivity contribution in [2.75, 3.05) is 43.5 Å². The lowest BCUT2D eigenvalue weighted by molar-refractivity contribution is -0.123. The summed E-state index contributed by atoms with van der Waals surface area (Å²) in [7, 11) is 1.65. The van der Waals surface area contributed by atoms with Crippen LogP contribution in [0.4, 0.5) is 11.4 Å². The van der Waals surface area contributed by atoms with Gasteiger partial charge < -0.3 is 19.9 Å². The molecule has 1 saturated heterocycles. The number of hydrogen-bond acceptors (Lipinski definition) is 7.